The second-order valence-electron chi connectivity index (χ2n) is 4.24. The summed E-state index contributed by atoms with van der Waals surface area (Å²) in [5.41, 5.74) is 5.96. The van der Waals surface area contributed by atoms with Gasteiger partial charge in [-0.1, -0.05) is 20.3 Å². The average Bonchev–Trinajstić information content (AvgIpc) is 2.16. The summed E-state index contributed by atoms with van der Waals surface area (Å²) in [7, 11) is 0. The maximum Gasteiger partial charge on any atom is 0.0107 e. The molecule has 0 bridgehead atoms. The fraction of sp³-hybridized carbons (Fsp3) is 1.00. The fourth-order valence-electron chi connectivity index (χ4n) is 2.21. The zero-order valence-electron chi connectivity index (χ0n) is 9.13. The van der Waals surface area contributed by atoms with Gasteiger partial charge < -0.3 is 10.6 Å². The van der Waals surface area contributed by atoms with Crippen LogP contribution in [0.4, 0.5) is 0 Å². The third-order valence-electron chi connectivity index (χ3n) is 3.15. The van der Waals surface area contributed by atoms with Gasteiger partial charge in [-0.05, 0) is 38.8 Å². The lowest BCUT2D eigenvalue weighted by atomic mass is 9.96. The van der Waals surface area contributed by atoms with Gasteiger partial charge in [0.25, 0.3) is 0 Å². The monoisotopic (exact) mass is 184 g/mol. The van der Waals surface area contributed by atoms with E-state index in [1.54, 1.807) is 0 Å². The van der Waals surface area contributed by atoms with Crippen LogP contribution in [0.15, 0.2) is 0 Å². The molecule has 2 N–H and O–H groups in total. The van der Waals surface area contributed by atoms with Crippen LogP contribution in [-0.4, -0.2) is 30.1 Å². The van der Waals surface area contributed by atoms with Gasteiger partial charge in [-0.3, -0.25) is 0 Å². The van der Waals surface area contributed by atoms with Crippen LogP contribution in [0.25, 0.3) is 0 Å². The van der Waals surface area contributed by atoms with Gasteiger partial charge in [0, 0.05) is 12.1 Å². The molecule has 2 atom stereocenters. The molecule has 78 valence electrons. The van der Waals surface area contributed by atoms with Crippen molar-refractivity contribution < 1.29 is 0 Å². The van der Waals surface area contributed by atoms with Crippen LogP contribution in [0.2, 0.25) is 0 Å². The summed E-state index contributed by atoms with van der Waals surface area (Å²) in [6, 6.07) is 1.22. The molecule has 0 spiro atoms. The molecule has 2 unspecified atom stereocenters. The van der Waals surface area contributed by atoms with Crippen molar-refractivity contribution in [3.63, 3.8) is 0 Å². The van der Waals surface area contributed by atoms with Gasteiger partial charge in [-0.15, -0.1) is 0 Å². The Bertz CT molecular complexity index is 134. The molecule has 0 radical (unpaired) electrons. The van der Waals surface area contributed by atoms with Crippen LogP contribution in [0, 0.1) is 0 Å². The molecular formula is C11H24N2. The van der Waals surface area contributed by atoms with E-state index in [1.165, 1.54) is 45.2 Å². The highest BCUT2D eigenvalue weighted by Crippen LogP contribution is 2.19. The minimum absolute atomic E-state index is 0.461. The number of piperidine rings is 1. The second kappa shape index (κ2) is 5.61. The van der Waals surface area contributed by atoms with Crippen molar-refractivity contribution in [3.05, 3.63) is 0 Å². The Balaban J connectivity index is 2.33. The Hall–Kier alpha value is -0.0800. The van der Waals surface area contributed by atoms with Gasteiger partial charge in [-0.25, -0.2) is 0 Å². The summed E-state index contributed by atoms with van der Waals surface area (Å²) in [5, 5.41) is 0. The summed E-state index contributed by atoms with van der Waals surface area (Å²) in [6.45, 7) is 7.04. The van der Waals surface area contributed by atoms with Crippen LogP contribution in [0.1, 0.15) is 46.0 Å². The van der Waals surface area contributed by atoms with Crippen LogP contribution in [-0.2, 0) is 0 Å². The van der Waals surface area contributed by atoms with Crippen molar-refractivity contribution in [3.8, 4) is 0 Å². The zero-order chi connectivity index (χ0) is 9.68. The Morgan fingerprint density at radius 3 is 2.77 bits per heavy atom. The van der Waals surface area contributed by atoms with Crippen molar-refractivity contribution in [1.82, 2.24) is 4.90 Å². The standard InChI is InChI=1S/C11H24N2/c1-3-5-7-13-8-6-10(12)9-11(13)4-2/h10-11H,3-9,12H2,1-2H3. The molecule has 1 aliphatic rings. The van der Waals surface area contributed by atoms with E-state index in [1.807, 2.05) is 0 Å². The van der Waals surface area contributed by atoms with Gasteiger partial charge >= 0.3 is 0 Å². The third-order valence-corrected chi connectivity index (χ3v) is 3.15. The summed E-state index contributed by atoms with van der Waals surface area (Å²) >= 11 is 0. The molecule has 1 aliphatic heterocycles. The van der Waals surface area contributed by atoms with Crippen LogP contribution in [0.5, 0.6) is 0 Å². The van der Waals surface area contributed by atoms with Gasteiger partial charge in [0.1, 0.15) is 0 Å². The quantitative estimate of drug-likeness (QED) is 0.724. The molecule has 0 aromatic rings. The lowest BCUT2D eigenvalue weighted by Gasteiger charge is -2.38. The topological polar surface area (TPSA) is 29.3 Å². The number of hydrogen-bond acceptors (Lipinski definition) is 2. The summed E-state index contributed by atoms with van der Waals surface area (Å²) in [4.78, 5) is 2.63. The fourth-order valence-corrected chi connectivity index (χ4v) is 2.21. The third kappa shape index (κ3) is 3.28. The van der Waals surface area contributed by atoms with Gasteiger partial charge in [0.2, 0.25) is 0 Å². The van der Waals surface area contributed by atoms with E-state index in [0.29, 0.717) is 6.04 Å². The van der Waals surface area contributed by atoms with Gasteiger partial charge in [0.15, 0.2) is 0 Å². The lowest BCUT2D eigenvalue weighted by Crippen LogP contribution is -2.46. The summed E-state index contributed by atoms with van der Waals surface area (Å²) in [6.07, 6.45) is 6.31. The SMILES string of the molecule is CCCCN1CCC(N)CC1CC. The Labute approximate surface area is 82.5 Å². The first-order valence-corrected chi connectivity index (χ1v) is 5.77. The first kappa shape index (κ1) is 11.0. The minimum atomic E-state index is 0.461. The van der Waals surface area contributed by atoms with E-state index in [-0.39, 0.29) is 0 Å². The van der Waals surface area contributed by atoms with E-state index in [4.69, 9.17) is 5.73 Å². The van der Waals surface area contributed by atoms with Crippen molar-refractivity contribution in [1.29, 1.82) is 0 Å². The molecule has 0 amide bonds. The first-order chi connectivity index (χ1) is 6.27. The number of unbranched alkanes of at least 4 members (excludes halogenated alkanes) is 1. The van der Waals surface area contributed by atoms with E-state index in [2.05, 4.69) is 18.7 Å². The number of likely N-dealkylation sites (tertiary alicyclic amines) is 1. The molecule has 1 rings (SSSR count). The maximum absolute atomic E-state index is 5.96. The van der Waals surface area contributed by atoms with E-state index in [0.717, 1.165) is 6.04 Å². The van der Waals surface area contributed by atoms with Crippen LogP contribution >= 0.6 is 0 Å². The maximum atomic E-state index is 5.96. The van der Waals surface area contributed by atoms with Crippen LogP contribution < -0.4 is 5.73 Å². The van der Waals surface area contributed by atoms with Gasteiger partial charge in [0.05, 0.1) is 0 Å². The van der Waals surface area contributed by atoms with E-state index < -0.39 is 0 Å². The summed E-state index contributed by atoms with van der Waals surface area (Å²) < 4.78 is 0. The number of nitrogens with zero attached hydrogens (tertiary/aromatic N) is 1. The molecule has 1 saturated heterocycles. The van der Waals surface area contributed by atoms with Crippen molar-refractivity contribution in [2.45, 2.75) is 58.0 Å². The minimum Gasteiger partial charge on any atom is -0.328 e. The van der Waals surface area contributed by atoms with E-state index >= 15 is 0 Å². The highest BCUT2D eigenvalue weighted by Gasteiger charge is 2.24. The Morgan fingerprint density at radius 1 is 1.38 bits per heavy atom. The van der Waals surface area contributed by atoms with E-state index in [9.17, 15) is 0 Å². The highest BCUT2D eigenvalue weighted by atomic mass is 15.2. The molecule has 0 saturated carbocycles. The smallest absolute Gasteiger partial charge is 0.0107 e. The number of nitrogens with two attached hydrogens (primary N) is 1. The lowest BCUT2D eigenvalue weighted by molar-refractivity contribution is 0.130. The Kier molecular flexibility index (Phi) is 4.74. The molecule has 1 heterocycles. The van der Waals surface area contributed by atoms with Crippen molar-refractivity contribution >= 4 is 0 Å². The predicted octanol–water partition coefficient (Wildman–Crippen LogP) is 1.99. The molecular weight excluding hydrogens is 160 g/mol. The molecule has 0 aliphatic carbocycles. The molecule has 1 fully saturated rings. The highest BCUT2D eigenvalue weighted by molar-refractivity contribution is 4.82. The molecule has 0 aromatic carbocycles. The molecule has 13 heavy (non-hydrogen) atoms. The normalized spacial score (nSPS) is 30.7. The summed E-state index contributed by atoms with van der Waals surface area (Å²) in [5.74, 6) is 0. The predicted molar refractivity (Wildman–Crippen MR) is 57.8 cm³/mol. The van der Waals surface area contributed by atoms with Crippen molar-refractivity contribution in [2.24, 2.45) is 5.73 Å². The van der Waals surface area contributed by atoms with Crippen LogP contribution in [0.3, 0.4) is 0 Å². The van der Waals surface area contributed by atoms with Gasteiger partial charge in [-0.2, -0.15) is 0 Å². The Morgan fingerprint density at radius 2 is 2.15 bits per heavy atom. The molecule has 0 aromatic heterocycles. The second-order valence-corrected chi connectivity index (χ2v) is 4.24. The molecule has 2 heteroatoms. The number of hydrogen-bond donors (Lipinski definition) is 1. The molecule has 2 nitrogen and oxygen atoms in total. The first-order valence-electron chi connectivity index (χ1n) is 5.77. The largest absolute Gasteiger partial charge is 0.328 e. The number of rotatable bonds is 4. The zero-order valence-corrected chi connectivity index (χ0v) is 9.13. The van der Waals surface area contributed by atoms with Crippen molar-refractivity contribution in [2.75, 3.05) is 13.1 Å². The average molecular weight is 184 g/mol.